The Morgan fingerprint density at radius 1 is 1.10 bits per heavy atom. The van der Waals surface area contributed by atoms with Crippen LogP contribution in [0.15, 0.2) is 9.27 Å². The number of H-pyrrole nitrogens is 1. The van der Waals surface area contributed by atoms with Crippen LogP contribution in [0, 0.1) is 0 Å². The summed E-state index contributed by atoms with van der Waals surface area (Å²) in [5.41, 5.74) is 0.712. The first-order valence-corrected chi connectivity index (χ1v) is 8.49. The third-order valence-electron chi connectivity index (χ3n) is 4.08. The van der Waals surface area contributed by atoms with Gasteiger partial charge in [0.1, 0.15) is 10.3 Å². The summed E-state index contributed by atoms with van der Waals surface area (Å²) >= 11 is 3.40. The molecule has 20 heavy (non-hydrogen) atoms. The van der Waals surface area contributed by atoms with Crippen molar-refractivity contribution in [2.45, 2.75) is 77.0 Å². The van der Waals surface area contributed by atoms with Gasteiger partial charge in [0.15, 0.2) is 0 Å². The van der Waals surface area contributed by atoms with Gasteiger partial charge in [-0.2, -0.15) is 0 Å². The quantitative estimate of drug-likeness (QED) is 0.808. The highest BCUT2D eigenvalue weighted by atomic mass is 79.9. The summed E-state index contributed by atoms with van der Waals surface area (Å²) in [5, 5.41) is 0. The topological polar surface area (TPSA) is 45.8 Å². The van der Waals surface area contributed by atoms with Crippen LogP contribution in [-0.2, 0) is 5.41 Å². The van der Waals surface area contributed by atoms with Crippen molar-refractivity contribution in [3.8, 4) is 0 Å². The van der Waals surface area contributed by atoms with Gasteiger partial charge in [0.25, 0.3) is 5.56 Å². The van der Waals surface area contributed by atoms with Gasteiger partial charge in [-0.15, -0.1) is 0 Å². The van der Waals surface area contributed by atoms with Crippen molar-refractivity contribution in [2.24, 2.45) is 0 Å². The zero-order valence-electron chi connectivity index (χ0n) is 12.8. The van der Waals surface area contributed by atoms with Gasteiger partial charge in [0.2, 0.25) is 0 Å². The number of hydrogen-bond acceptors (Lipinski definition) is 2. The average Bonchev–Trinajstić information content (AvgIpc) is 2.30. The second-order valence-corrected chi connectivity index (χ2v) is 7.70. The normalized spacial score (nSPS) is 18.6. The van der Waals surface area contributed by atoms with Crippen molar-refractivity contribution < 1.29 is 0 Å². The molecular formula is C16H25BrN2O. The van der Waals surface area contributed by atoms with E-state index >= 15 is 0 Å². The minimum Gasteiger partial charge on any atom is -0.309 e. The van der Waals surface area contributed by atoms with Crippen LogP contribution in [0.1, 0.15) is 83.2 Å². The highest BCUT2D eigenvalue weighted by Crippen LogP contribution is 2.31. The molecule has 0 saturated heterocycles. The molecule has 0 aromatic carbocycles. The first-order valence-electron chi connectivity index (χ1n) is 7.70. The van der Waals surface area contributed by atoms with Gasteiger partial charge in [0.05, 0.1) is 5.69 Å². The Morgan fingerprint density at radius 3 is 2.20 bits per heavy atom. The molecule has 0 radical (unpaired) electrons. The van der Waals surface area contributed by atoms with E-state index in [-0.39, 0.29) is 11.0 Å². The monoisotopic (exact) mass is 340 g/mol. The smallest absolute Gasteiger partial charge is 0.265 e. The minimum absolute atomic E-state index is 0.0398. The van der Waals surface area contributed by atoms with E-state index in [4.69, 9.17) is 4.98 Å². The van der Waals surface area contributed by atoms with Crippen LogP contribution >= 0.6 is 15.9 Å². The molecule has 4 heteroatoms. The maximum Gasteiger partial charge on any atom is 0.265 e. The van der Waals surface area contributed by atoms with Crippen LogP contribution in [0.5, 0.6) is 0 Å². The number of nitrogens with zero attached hydrogens (tertiary/aromatic N) is 1. The lowest BCUT2D eigenvalue weighted by Gasteiger charge is -2.23. The first kappa shape index (κ1) is 15.7. The summed E-state index contributed by atoms with van der Waals surface area (Å²) < 4.78 is 0.583. The fraction of sp³-hybridized carbons (Fsp3) is 0.750. The van der Waals surface area contributed by atoms with Gasteiger partial charge in [-0.1, -0.05) is 52.9 Å². The molecule has 1 saturated carbocycles. The molecular weight excluding hydrogens is 316 g/mol. The molecule has 1 fully saturated rings. The number of halogens is 1. The van der Waals surface area contributed by atoms with Crippen LogP contribution in [0.25, 0.3) is 0 Å². The Bertz CT molecular complexity index is 508. The fourth-order valence-corrected chi connectivity index (χ4v) is 3.68. The van der Waals surface area contributed by atoms with Crippen molar-refractivity contribution in [1.82, 2.24) is 9.97 Å². The number of rotatable bonds is 1. The van der Waals surface area contributed by atoms with Crippen molar-refractivity contribution in [3.05, 3.63) is 26.3 Å². The number of aromatic nitrogens is 2. The molecule has 1 aliphatic carbocycles. The van der Waals surface area contributed by atoms with Crippen molar-refractivity contribution >= 4 is 15.9 Å². The second kappa shape index (κ2) is 6.42. The van der Waals surface area contributed by atoms with E-state index < -0.39 is 0 Å². The molecule has 0 amide bonds. The molecule has 2 rings (SSSR count). The van der Waals surface area contributed by atoms with Crippen molar-refractivity contribution in [3.63, 3.8) is 0 Å². The van der Waals surface area contributed by atoms with Gasteiger partial charge >= 0.3 is 0 Å². The fourth-order valence-electron chi connectivity index (χ4n) is 2.90. The molecule has 1 N–H and O–H groups in total. The van der Waals surface area contributed by atoms with E-state index in [1.54, 1.807) is 0 Å². The van der Waals surface area contributed by atoms with Gasteiger partial charge in [-0.25, -0.2) is 4.98 Å². The summed E-state index contributed by atoms with van der Waals surface area (Å²) in [4.78, 5) is 20.0. The largest absolute Gasteiger partial charge is 0.309 e. The highest BCUT2D eigenvalue weighted by molar-refractivity contribution is 9.10. The van der Waals surface area contributed by atoms with Gasteiger partial charge < -0.3 is 4.98 Å². The third kappa shape index (κ3) is 3.72. The molecule has 0 unspecified atom stereocenters. The predicted octanol–water partition coefficient (Wildman–Crippen LogP) is 4.66. The van der Waals surface area contributed by atoms with Gasteiger partial charge in [0, 0.05) is 11.3 Å². The lowest BCUT2D eigenvalue weighted by molar-refractivity contribution is 0.436. The molecule has 1 aromatic rings. The Labute approximate surface area is 129 Å². The Morgan fingerprint density at radius 2 is 1.65 bits per heavy atom. The molecule has 3 nitrogen and oxygen atoms in total. The number of hydrogen-bond donors (Lipinski definition) is 1. The maximum absolute atomic E-state index is 12.2. The lowest BCUT2D eigenvalue weighted by Crippen LogP contribution is -2.25. The Balaban J connectivity index is 2.36. The van der Waals surface area contributed by atoms with E-state index in [9.17, 15) is 4.79 Å². The Hall–Kier alpha value is -0.640. The summed E-state index contributed by atoms with van der Waals surface area (Å²) in [6.45, 7) is 6.30. The van der Waals surface area contributed by atoms with E-state index in [0.717, 1.165) is 24.4 Å². The van der Waals surface area contributed by atoms with Crippen molar-refractivity contribution in [2.75, 3.05) is 0 Å². The molecule has 0 aliphatic heterocycles. The molecule has 112 valence electrons. The van der Waals surface area contributed by atoms with Gasteiger partial charge in [-0.05, 0) is 28.8 Å². The summed E-state index contributed by atoms with van der Waals surface area (Å²) in [5.74, 6) is 1.31. The molecule has 0 spiro atoms. The highest BCUT2D eigenvalue weighted by Gasteiger charge is 2.24. The van der Waals surface area contributed by atoms with E-state index in [1.165, 1.54) is 32.1 Å². The zero-order valence-corrected chi connectivity index (χ0v) is 14.3. The summed E-state index contributed by atoms with van der Waals surface area (Å²) in [6.07, 6.45) is 8.75. The predicted molar refractivity (Wildman–Crippen MR) is 86.3 cm³/mol. The van der Waals surface area contributed by atoms with Crippen LogP contribution in [-0.4, -0.2) is 9.97 Å². The number of aromatic amines is 1. The van der Waals surface area contributed by atoms with Crippen molar-refractivity contribution in [1.29, 1.82) is 0 Å². The summed E-state index contributed by atoms with van der Waals surface area (Å²) in [7, 11) is 0. The third-order valence-corrected chi connectivity index (χ3v) is 4.82. The molecule has 1 aromatic heterocycles. The first-order chi connectivity index (χ1) is 9.39. The van der Waals surface area contributed by atoms with Crippen LogP contribution in [0.4, 0.5) is 0 Å². The molecule has 1 aliphatic rings. The SMILES string of the molecule is CC(C)(C)c1nc(C2CCCCCCC2)[nH]c(=O)c1Br. The minimum atomic E-state index is -0.122. The van der Waals surface area contributed by atoms with Gasteiger partial charge in [-0.3, -0.25) is 4.79 Å². The molecule has 0 atom stereocenters. The maximum atomic E-state index is 12.2. The molecule has 1 heterocycles. The molecule has 0 bridgehead atoms. The van der Waals surface area contributed by atoms with E-state index in [2.05, 4.69) is 41.7 Å². The summed E-state index contributed by atoms with van der Waals surface area (Å²) in [6, 6.07) is 0. The van der Waals surface area contributed by atoms with E-state index in [1.807, 2.05) is 0 Å². The average molecular weight is 341 g/mol. The van der Waals surface area contributed by atoms with Crippen LogP contribution in [0.3, 0.4) is 0 Å². The van der Waals surface area contributed by atoms with E-state index in [0.29, 0.717) is 10.4 Å². The Kier molecular flexibility index (Phi) is 5.05. The lowest BCUT2D eigenvalue weighted by atomic mass is 9.89. The standard InChI is InChI=1S/C16H25BrN2O/c1-16(2,3)13-12(17)15(20)19-14(18-13)11-9-7-5-4-6-8-10-11/h11H,4-10H2,1-3H3,(H,18,19,20). The zero-order chi connectivity index (χ0) is 14.8. The van der Waals surface area contributed by atoms with Crippen LogP contribution in [0.2, 0.25) is 0 Å². The van der Waals surface area contributed by atoms with Crippen LogP contribution < -0.4 is 5.56 Å². The second-order valence-electron chi connectivity index (χ2n) is 6.91. The number of nitrogens with one attached hydrogen (secondary N) is 1.